The number of rotatable bonds is 4. The first-order chi connectivity index (χ1) is 14.4. The van der Waals surface area contributed by atoms with Crippen molar-refractivity contribution < 1.29 is 9.18 Å². The van der Waals surface area contributed by atoms with Gasteiger partial charge < -0.3 is 10.2 Å². The molecule has 0 spiro atoms. The van der Waals surface area contributed by atoms with Crippen molar-refractivity contribution >= 4 is 28.3 Å². The van der Waals surface area contributed by atoms with Crippen molar-refractivity contribution in [3.8, 4) is 0 Å². The molecule has 1 unspecified atom stereocenters. The van der Waals surface area contributed by atoms with E-state index in [4.69, 9.17) is 0 Å². The molecule has 0 radical (unpaired) electrons. The predicted octanol–water partition coefficient (Wildman–Crippen LogP) is 3.72. The summed E-state index contributed by atoms with van der Waals surface area (Å²) in [4.78, 5) is 31.9. The highest BCUT2D eigenvalue weighted by atomic mass is 19.1. The summed E-state index contributed by atoms with van der Waals surface area (Å²) in [6, 6.07) is 12.0. The maximum Gasteiger partial charge on any atom is 0.350 e. The van der Waals surface area contributed by atoms with Crippen LogP contribution in [-0.2, 0) is 11.3 Å². The molecule has 4 rings (SSSR count). The fraction of sp³-hybridized carbons (Fsp3) is 0.348. The zero-order chi connectivity index (χ0) is 21.3. The number of hydrogen-bond acceptors (Lipinski definition) is 4. The fourth-order valence-corrected chi connectivity index (χ4v) is 4.00. The van der Waals surface area contributed by atoms with Crippen molar-refractivity contribution in [3.63, 3.8) is 0 Å². The molecule has 1 saturated heterocycles. The number of carbonyl (C=O) groups excluding carboxylic acids is 1. The minimum atomic E-state index is -0.466. The molecular weight excluding hydrogens is 383 g/mol. The lowest BCUT2D eigenvalue weighted by Gasteiger charge is -2.32. The van der Waals surface area contributed by atoms with Crippen molar-refractivity contribution in [2.75, 3.05) is 23.3 Å². The number of nitrogens with zero attached hydrogens (tertiary/aromatic N) is 3. The third-order valence-electron chi connectivity index (χ3n) is 5.58. The lowest BCUT2D eigenvalue weighted by molar-refractivity contribution is -0.116. The van der Waals surface area contributed by atoms with Gasteiger partial charge >= 0.3 is 5.69 Å². The fourth-order valence-electron chi connectivity index (χ4n) is 4.00. The normalized spacial score (nSPS) is 16.6. The van der Waals surface area contributed by atoms with Gasteiger partial charge in [-0.3, -0.25) is 9.36 Å². The Kier molecular flexibility index (Phi) is 5.53. The molecule has 0 bridgehead atoms. The number of nitrogens with one attached hydrogen (secondary N) is 1. The van der Waals surface area contributed by atoms with Gasteiger partial charge in [-0.1, -0.05) is 25.1 Å². The molecular formula is C23H25FN4O2. The number of anilines is 2. The molecule has 1 aromatic heterocycles. The van der Waals surface area contributed by atoms with E-state index >= 15 is 0 Å². The minimum Gasteiger partial charge on any atom is -0.356 e. The zero-order valence-corrected chi connectivity index (χ0v) is 17.2. The SMILES string of the molecule is Cc1ccc(NC(=O)Cn2c(=O)nc(N3CCCC(C)C3)c3ccccc32)cc1F. The van der Waals surface area contributed by atoms with Crippen LogP contribution in [0.5, 0.6) is 0 Å². The first kappa shape index (κ1) is 20.1. The number of amides is 1. The van der Waals surface area contributed by atoms with Gasteiger partial charge in [0.1, 0.15) is 18.2 Å². The number of aromatic nitrogens is 2. The lowest BCUT2D eigenvalue weighted by Crippen LogP contribution is -2.38. The number of para-hydroxylation sites is 1. The summed E-state index contributed by atoms with van der Waals surface area (Å²) in [5.74, 6) is 0.422. The van der Waals surface area contributed by atoms with Gasteiger partial charge in [-0.05, 0) is 55.5 Å². The standard InChI is InChI=1S/C23H25FN4O2/c1-15-6-5-11-27(13-15)22-18-7-3-4-8-20(18)28(23(30)26-22)14-21(29)25-17-10-9-16(2)19(24)12-17/h3-4,7-10,12,15H,5-6,11,13-14H2,1-2H3,(H,25,29). The zero-order valence-electron chi connectivity index (χ0n) is 17.2. The molecule has 1 atom stereocenters. The molecule has 0 saturated carbocycles. The summed E-state index contributed by atoms with van der Waals surface area (Å²) < 4.78 is 15.1. The van der Waals surface area contributed by atoms with Crippen LogP contribution in [0.4, 0.5) is 15.9 Å². The highest BCUT2D eigenvalue weighted by Gasteiger charge is 2.22. The van der Waals surface area contributed by atoms with Gasteiger partial charge in [0.15, 0.2) is 0 Å². The highest BCUT2D eigenvalue weighted by molar-refractivity contribution is 5.93. The molecule has 2 heterocycles. The van der Waals surface area contributed by atoms with Crippen LogP contribution in [0.3, 0.4) is 0 Å². The average molecular weight is 408 g/mol. The number of halogens is 1. The van der Waals surface area contributed by atoms with Gasteiger partial charge in [0.25, 0.3) is 0 Å². The molecule has 30 heavy (non-hydrogen) atoms. The molecule has 7 heteroatoms. The average Bonchev–Trinajstić information content (AvgIpc) is 2.72. The number of carbonyl (C=O) groups is 1. The highest BCUT2D eigenvalue weighted by Crippen LogP contribution is 2.27. The smallest absolute Gasteiger partial charge is 0.350 e. The van der Waals surface area contributed by atoms with Crippen LogP contribution in [0.25, 0.3) is 10.9 Å². The number of piperidine rings is 1. The van der Waals surface area contributed by atoms with E-state index in [2.05, 4.69) is 22.1 Å². The van der Waals surface area contributed by atoms with Crippen LogP contribution in [0.1, 0.15) is 25.3 Å². The van der Waals surface area contributed by atoms with E-state index in [0.29, 0.717) is 28.5 Å². The van der Waals surface area contributed by atoms with Gasteiger partial charge in [-0.15, -0.1) is 0 Å². The third-order valence-corrected chi connectivity index (χ3v) is 5.58. The molecule has 1 N–H and O–H groups in total. The molecule has 156 valence electrons. The molecule has 0 aliphatic carbocycles. The summed E-state index contributed by atoms with van der Waals surface area (Å²) in [6.07, 6.45) is 2.24. The van der Waals surface area contributed by atoms with Crippen LogP contribution >= 0.6 is 0 Å². The van der Waals surface area contributed by atoms with Crippen molar-refractivity contribution in [2.45, 2.75) is 33.2 Å². The number of benzene rings is 2. The largest absolute Gasteiger partial charge is 0.356 e. The van der Waals surface area contributed by atoms with Gasteiger partial charge in [0.2, 0.25) is 5.91 Å². The second kappa shape index (κ2) is 8.26. The minimum absolute atomic E-state index is 0.196. The number of aryl methyl sites for hydroxylation is 1. The Morgan fingerprint density at radius 3 is 2.83 bits per heavy atom. The molecule has 1 aliphatic heterocycles. The van der Waals surface area contributed by atoms with E-state index in [0.717, 1.165) is 24.9 Å². The van der Waals surface area contributed by atoms with E-state index in [1.54, 1.807) is 19.1 Å². The van der Waals surface area contributed by atoms with Crippen LogP contribution in [0.2, 0.25) is 0 Å². The Hall–Kier alpha value is -3.22. The first-order valence-corrected chi connectivity index (χ1v) is 10.2. The van der Waals surface area contributed by atoms with E-state index in [9.17, 15) is 14.0 Å². The first-order valence-electron chi connectivity index (χ1n) is 10.2. The quantitative estimate of drug-likeness (QED) is 0.715. The van der Waals surface area contributed by atoms with Crippen LogP contribution in [-0.4, -0.2) is 28.5 Å². The second-order valence-corrected chi connectivity index (χ2v) is 8.03. The van der Waals surface area contributed by atoms with Crippen LogP contribution < -0.4 is 15.9 Å². The summed E-state index contributed by atoms with van der Waals surface area (Å²) in [5, 5.41) is 3.50. The molecule has 1 amide bonds. The van der Waals surface area contributed by atoms with E-state index in [1.165, 1.54) is 17.1 Å². The Morgan fingerprint density at radius 2 is 2.07 bits per heavy atom. The number of fused-ring (bicyclic) bond motifs is 1. The lowest BCUT2D eigenvalue weighted by atomic mass is 10.00. The Bertz CT molecular complexity index is 1160. The molecule has 1 fully saturated rings. The topological polar surface area (TPSA) is 67.2 Å². The Labute approximate surface area is 174 Å². The summed E-state index contributed by atoms with van der Waals surface area (Å²) >= 11 is 0. The number of hydrogen-bond donors (Lipinski definition) is 1. The van der Waals surface area contributed by atoms with Crippen LogP contribution in [0.15, 0.2) is 47.3 Å². The Morgan fingerprint density at radius 1 is 1.27 bits per heavy atom. The molecule has 2 aromatic carbocycles. The van der Waals surface area contributed by atoms with Gasteiger partial charge in [-0.2, -0.15) is 4.98 Å². The van der Waals surface area contributed by atoms with E-state index in [-0.39, 0.29) is 6.54 Å². The van der Waals surface area contributed by atoms with Crippen molar-refractivity contribution in [2.24, 2.45) is 5.92 Å². The Balaban J connectivity index is 1.65. The maximum absolute atomic E-state index is 13.8. The van der Waals surface area contributed by atoms with Gasteiger partial charge in [0.05, 0.1) is 5.52 Å². The molecule has 6 nitrogen and oxygen atoms in total. The molecule has 3 aromatic rings. The summed E-state index contributed by atoms with van der Waals surface area (Å²) in [7, 11) is 0. The van der Waals surface area contributed by atoms with Gasteiger partial charge in [0, 0.05) is 24.2 Å². The van der Waals surface area contributed by atoms with Crippen LogP contribution in [0, 0.1) is 18.7 Å². The van der Waals surface area contributed by atoms with E-state index in [1.807, 2.05) is 24.3 Å². The van der Waals surface area contributed by atoms with E-state index < -0.39 is 17.4 Å². The predicted molar refractivity (Wildman–Crippen MR) is 116 cm³/mol. The summed E-state index contributed by atoms with van der Waals surface area (Å²) in [5.41, 5.74) is 1.05. The van der Waals surface area contributed by atoms with Crippen molar-refractivity contribution in [1.82, 2.24) is 9.55 Å². The molecule has 1 aliphatic rings. The second-order valence-electron chi connectivity index (χ2n) is 8.03. The van der Waals surface area contributed by atoms with Crippen molar-refractivity contribution in [3.05, 3.63) is 64.3 Å². The monoisotopic (exact) mass is 408 g/mol. The maximum atomic E-state index is 13.8. The van der Waals surface area contributed by atoms with Crippen molar-refractivity contribution in [1.29, 1.82) is 0 Å². The third kappa shape index (κ3) is 4.06. The van der Waals surface area contributed by atoms with Gasteiger partial charge in [-0.25, -0.2) is 9.18 Å². The summed E-state index contributed by atoms with van der Waals surface area (Å²) in [6.45, 7) is 5.39.